The first-order valence-corrected chi connectivity index (χ1v) is 5.89. The molecule has 1 aromatic carbocycles. The number of halogens is 1. The molecule has 0 aliphatic carbocycles. The predicted octanol–water partition coefficient (Wildman–Crippen LogP) is 3.60. The Balaban J connectivity index is 2.64. The molecule has 0 aromatic heterocycles. The number of benzene rings is 1. The molecule has 0 saturated heterocycles. The molecule has 0 aliphatic heterocycles. The molecular weight excluding hydrogens is 232 g/mol. The van der Waals surface area contributed by atoms with Crippen molar-refractivity contribution in [1.82, 2.24) is 0 Å². The van der Waals surface area contributed by atoms with Crippen molar-refractivity contribution in [2.45, 2.75) is 30.4 Å². The lowest BCUT2D eigenvalue weighted by Gasteiger charge is -2.09. The molecule has 4 heteroatoms. The van der Waals surface area contributed by atoms with Crippen molar-refractivity contribution in [3.8, 4) is 0 Å². The number of aryl methyl sites for hydroxylation is 1. The van der Waals surface area contributed by atoms with Crippen LogP contribution >= 0.6 is 23.4 Å². The molecule has 1 aromatic rings. The van der Waals surface area contributed by atoms with E-state index >= 15 is 0 Å². The topological polar surface area (TPSA) is 37.3 Å². The molecule has 82 valence electrons. The SMILES string of the molecule is Cc1cc(SC(C)CC(=O)O)ccc1Cl. The molecule has 15 heavy (non-hydrogen) atoms. The summed E-state index contributed by atoms with van der Waals surface area (Å²) in [5.41, 5.74) is 1.02. The van der Waals surface area contributed by atoms with Crippen LogP contribution < -0.4 is 0 Å². The van der Waals surface area contributed by atoms with Crippen molar-refractivity contribution in [3.63, 3.8) is 0 Å². The molecule has 0 fully saturated rings. The van der Waals surface area contributed by atoms with E-state index in [4.69, 9.17) is 16.7 Å². The fourth-order valence-corrected chi connectivity index (χ4v) is 2.41. The van der Waals surface area contributed by atoms with Crippen molar-refractivity contribution in [3.05, 3.63) is 28.8 Å². The first-order valence-electron chi connectivity index (χ1n) is 4.63. The van der Waals surface area contributed by atoms with Crippen LogP contribution in [0.1, 0.15) is 18.9 Å². The molecule has 0 heterocycles. The lowest BCUT2D eigenvalue weighted by atomic mass is 10.2. The maximum absolute atomic E-state index is 10.5. The minimum absolute atomic E-state index is 0.0723. The van der Waals surface area contributed by atoms with Gasteiger partial charge in [0.05, 0.1) is 6.42 Å². The van der Waals surface area contributed by atoms with Crippen LogP contribution in [0.2, 0.25) is 5.02 Å². The summed E-state index contributed by atoms with van der Waals surface area (Å²) in [4.78, 5) is 11.5. The smallest absolute Gasteiger partial charge is 0.304 e. The first-order chi connectivity index (χ1) is 6.99. The summed E-state index contributed by atoms with van der Waals surface area (Å²) >= 11 is 7.45. The van der Waals surface area contributed by atoms with Crippen LogP contribution in [0.3, 0.4) is 0 Å². The number of carboxylic acid groups (broad SMARTS) is 1. The Labute approximate surface area is 98.6 Å². The van der Waals surface area contributed by atoms with Gasteiger partial charge < -0.3 is 5.11 Å². The number of aliphatic carboxylic acids is 1. The number of hydrogen-bond donors (Lipinski definition) is 1. The highest BCUT2D eigenvalue weighted by molar-refractivity contribution is 8.00. The fourth-order valence-electron chi connectivity index (χ4n) is 1.21. The Bertz CT molecular complexity index is 366. The zero-order chi connectivity index (χ0) is 11.4. The zero-order valence-corrected chi connectivity index (χ0v) is 10.2. The summed E-state index contributed by atoms with van der Waals surface area (Å²) in [7, 11) is 0. The van der Waals surface area contributed by atoms with E-state index in [2.05, 4.69) is 0 Å². The second kappa shape index (κ2) is 5.42. The molecule has 0 aliphatic rings. The van der Waals surface area contributed by atoms with Crippen LogP contribution in [-0.2, 0) is 4.79 Å². The van der Waals surface area contributed by atoms with E-state index in [0.29, 0.717) is 0 Å². The average molecular weight is 245 g/mol. The van der Waals surface area contributed by atoms with Crippen LogP contribution in [0.5, 0.6) is 0 Å². The maximum Gasteiger partial charge on any atom is 0.304 e. The predicted molar refractivity (Wildman–Crippen MR) is 63.8 cm³/mol. The van der Waals surface area contributed by atoms with Crippen molar-refractivity contribution in [1.29, 1.82) is 0 Å². The molecule has 1 unspecified atom stereocenters. The summed E-state index contributed by atoms with van der Waals surface area (Å²) in [5.74, 6) is -0.763. The Morgan fingerprint density at radius 2 is 2.27 bits per heavy atom. The molecule has 2 nitrogen and oxygen atoms in total. The highest BCUT2D eigenvalue weighted by atomic mass is 35.5. The summed E-state index contributed by atoms with van der Waals surface area (Å²) in [6.45, 7) is 3.84. The first kappa shape index (κ1) is 12.4. The van der Waals surface area contributed by atoms with Gasteiger partial charge in [0.15, 0.2) is 0 Å². The van der Waals surface area contributed by atoms with Crippen LogP contribution in [0.25, 0.3) is 0 Å². The van der Waals surface area contributed by atoms with Crippen molar-refractivity contribution < 1.29 is 9.90 Å². The Morgan fingerprint density at radius 1 is 1.60 bits per heavy atom. The molecule has 0 spiro atoms. The summed E-state index contributed by atoms with van der Waals surface area (Å²) in [6, 6.07) is 5.73. The highest BCUT2D eigenvalue weighted by Crippen LogP contribution is 2.28. The van der Waals surface area contributed by atoms with Crippen LogP contribution in [0.15, 0.2) is 23.1 Å². The fraction of sp³-hybridized carbons (Fsp3) is 0.364. The minimum atomic E-state index is -0.763. The van der Waals surface area contributed by atoms with Gasteiger partial charge >= 0.3 is 5.97 Å². The van der Waals surface area contributed by atoms with Crippen LogP contribution in [0.4, 0.5) is 0 Å². The van der Waals surface area contributed by atoms with Crippen LogP contribution in [-0.4, -0.2) is 16.3 Å². The van der Waals surface area contributed by atoms with E-state index in [0.717, 1.165) is 15.5 Å². The van der Waals surface area contributed by atoms with Crippen molar-refractivity contribution in [2.24, 2.45) is 0 Å². The van der Waals surface area contributed by atoms with Gasteiger partial charge in [-0.15, -0.1) is 11.8 Å². The number of rotatable bonds is 4. The number of carbonyl (C=O) groups is 1. The van der Waals surface area contributed by atoms with Crippen LogP contribution in [0, 0.1) is 6.92 Å². The van der Waals surface area contributed by atoms with E-state index < -0.39 is 5.97 Å². The monoisotopic (exact) mass is 244 g/mol. The Kier molecular flexibility index (Phi) is 4.48. The standard InChI is InChI=1S/C11H13ClO2S/c1-7-5-9(3-4-10(7)12)15-8(2)6-11(13)14/h3-5,8H,6H2,1-2H3,(H,13,14). The van der Waals surface area contributed by atoms with Crippen molar-refractivity contribution in [2.75, 3.05) is 0 Å². The third-order valence-corrected chi connectivity index (χ3v) is 3.45. The Morgan fingerprint density at radius 3 is 2.80 bits per heavy atom. The molecular formula is C11H13ClO2S. The van der Waals surface area contributed by atoms with Gasteiger partial charge in [0.25, 0.3) is 0 Å². The normalized spacial score (nSPS) is 12.5. The molecule has 1 rings (SSSR count). The quantitative estimate of drug-likeness (QED) is 0.823. The molecule has 0 bridgehead atoms. The van der Waals surface area contributed by atoms with E-state index in [-0.39, 0.29) is 11.7 Å². The third kappa shape index (κ3) is 4.14. The molecule has 0 radical (unpaired) electrons. The van der Waals surface area contributed by atoms with Gasteiger partial charge in [0, 0.05) is 15.2 Å². The third-order valence-electron chi connectivity index (χ3n) is 1.93. The second-order valence-electron chi connectivity index (χ2n) is 3.44. The molecule has 0 amide bonds. The molecule has 0 saturated carbocycles. The lowest BCUT2D eigenvalue weighted by molar-refractivity contribution is -0.136. The minimum Gasteiger partial charge on any atom is -0.481 e. The number of hydrogen-bond acceptors (Lipinski definition) is 2. The van der Waals surface area contributed by atoms with Gasteiger partial charge in [-0.25, -0.2) is 0 Å². The van der Waals surface area contributed by atoms with Gasteiger partial charge in [0.1, 0.15) is 0 Å². The van der Waals surface area contributed by atoms with E-state index in [1.807, 2.05) is 32.0 Å². The van der Waals surface area contributed by atoms with Crippen molar-refractivity contribution >= 4 is 29.3 Å². The highest BCUT2D eigenvalue weighted by Gasteiger charge is 2.09. The van der Waals surface area contributed by atoms with E-state index in [1.165, 1.54) is 0 Å². The summed E-state index contributed by atoms with van der Waals surface area (Å²) in [5, 5.41) is 9.44. The van der Waals surface area contributed by atoms with Gasteiger partial charge in [-0.2, -0.15) is 0 Å². The maximum atomic E-state index is 10.5. The molecule has 1 N–H and O–H groups in total. The average Bonchev–Trinajstić information content (AvgIpc) is 2.10. The van der Waals surface area contributed by atoms with Gasteiger partial charge in [-0.1, -0.05) is 18.5 Å². The van der Waals surface area contributed by atoms with E-state index in [9.17, 15) is 4.79 Å². The van der Waals surface area contributed by atoms with E-state index in [1.54, 1.807) is 11.8 Å². The molecule has 1 atom stereocenters. The Hall–Kier alpha value is -0.670. The summed E-state index contributed by atoms with van der Waals surface area (Å²) in [6.07, 6.45) is 0.173. The number of thioether (sulfide) groups is 1. The van der Waals surface area contributed by atoms with Gasteiger partial charge in [-0.3, -0.25) is 4.79 Å². The second-order valence-corrected chi connectivity index (χ2v) is 5.36. The van der Waals surface area contributed by atoms with Gasteiger partial charge in [0.2, 0.25) is 0 Å². The lowest BCUT2D eigenvalue weighted by Crippen LogP contribution is -2.05. The largest absolute Gasteiger partial charge is 0.481 e. The zero-order valence-electron chi connectivity index (χ0n) is 8.66. The summed E-state index contributed by atoms with van der Waals surface area (Å²) < 4.78 is 0. The van der Waals surface area contributed by atoms with Gasteiger partial charge in [-0.05, 0) is 30.7 Å². The number of carboxylic acids is 1.